The molecular formula is C25H27ClN4O4. The molecule has 8 nitrogen and oxygen atoms in total. The molecule has 178 valence electrons. The number of benzene rings is 2. The predicted molar refractivity (Wildman–Crippen MR) is 131 cm³/mol. The van der Waals surface area contributed by atoms with E-state index in [1.807, 2.05) is 31.2 Å². The van der Waals surface area contributed by atoms with Crippen molar-refractivity contribution in [1.82, 2.24) is 9.97 Å². The highest BCUT2D eigenvalue weighted by atomic mass is 35.5. The number of methoxy groups -OCH3 is 2. The largest absolute Gasteiger partial charge is 0.495 e. The number of aryl methyl sites for hydroxylation is 1. The summed E-state index contributed by atoms with van der Waals surface area (Å²) in [5, 5.41) is 3.35. The first-order chi connectivity index (χ1) is 16.5. The van der Waals surface area contributed by atoms with Gasteiger partial charge in [0.05, 0.1) is 24.9 Å². The minimum Gasteiger partial charge on any atom is -0.495 e. The molecule has 0 radical (unpaired) electrons. The van der Waals surface area contributed by atoms with Crippen LogP contribution < -0.4 is 24.4 Å². The summed E-state index contributed by atoms with van der Waals surface area (Å²) in [4.78, 5) is 23.9. The minimum atomic E-state index is -0.153. The van der Waals surface area contributed by atoms with E-state index in [1.165, 1.54) is 14.2 Å². The number of rotatable bonds is 7. The third-order valence-corrected chi connectivity index (χ3v) is 6.07. The Hall–Kier alpha value is -3.52. The first kappa shape index (κ1) is 23.6. The topological polar surface area (TPSA) is 85.8 Å². The molecule has 1 aliphatic rings. The second-order valence-electron chi connectivity index (χ2n) is 8.04. The number of nitrogens with one attached hydrogen (secondary N) is 1. The van der Waals surface area contributed by atoms with E-state index in [4.69, 9.17) is 25.8 Å². The average Bonchev–Trinajstić information content (AvgIpc) is 2.86. The smallest absolute Gasteiger partial charge is 0.263 e. The molecule has 0 spiro atoms. The second kappa shape index (κ2) is 10.6. The van der Waals surface area contributed by atoms with Crippen molar-refractivity contribution in [2.45, 2.75) is 19.8 Å². The molecule has 1 aliphatic heterocycles. The lowest BCUT2D eigenvalue weighted by Crippen LogP contribution is -2.38. The van der Waals surface area contributed by atoms with Crippen LogP contribution in [0.2, 0.25) is 5.02 Å². The van der Waals surface area contributed by atoms with Crippen molar-refractivity contribution in [1.29, 1.82) is 0 Å². The molecule has 1 saturated heterocycles. The molecule has 2 aromatic carbocycles. The fraction of sp³-hybridized carbons (Fsp3) is 0.320. The van der Waals surface area contributed by atoms with E-state index < -0.39 is 0 Å². The van der Waals surface area contributed by atoms with E-state index in [9.17, 15) is 4.79 Å². The van der Waals surface area contributed by atoms with Gasteiger partial charge in [-0.05, 0) is 38.0 Å². The number of nitrogens with zero attached hydrogens (tertiary/aromatic N) is 3. The van der Waals surface area contributed by atoms with Gasteiger partial charge in [0.1, 0.15) is 17.2 Å². The molecule has 34 heavy (non-hydrogen) atoms. The minimum absolute atomic E-state index is 0.0746. The normalized spacial score (nSPS) is 13.9. The van der Waals surface area contributed by atoms with Crippen LogP contribution in [0.25, 0.3) is 0 Å². The summed E-state index contributed by atoms with van der Waals surface area (Å²) in [6.45, 7) is 3.33. The first-order valence-corrected chi connectivity index (χ1v) is 11.4. The molecule has 2 heterocycles. The number of hydrogen-bond donors (Lipinski definition) is 1. The van der Waals surface area contributed by atoms with Crippen molar-refractivity contribution in [2.75, 3.05) is 37.5 Å². The molecule has 1 amide bonds. The molecule has 0 bridgehead atoms. The first-order valence-electron chi connectivity index (χ1n) is 11.0. The van der Waals surface area contributed by atoms with Crippen LogP contribution in [0.5, 0.6) is 23.1 Å². The third-order valence-electron chi connectivity index (χ3n) is 5.78. The Kier molecular flexibility index (Phi) is 7.37. The van der Waals surface area contributed by atoms with Gasteiger partial charge in [0, 0.05) is 37.5 Å². The standard InChI is InChI=1S/C25H27ClN4O4/c1-16-4-6-18(7-5-16)34-25-23(27-10-11-28-25)30-12-8-17(9-13-30)24(31)29-20-14-19(26)21(32-2)15-22(20)33-3/h4-7,10-11,14-15,17H,8-9,12-13H2,1-3H3,(H,29,31). The van der Waals surface area contributed by atoms with Crippen LogP contribution in [0.15, 0.2) is 48.8 Å². The number of carbonyl (C=O) groups excluding carboxylic acids is 1. The molecule has 1 fully saturated rings. The molecule has 0 aliphatic carbocycles. The van der Waals surface area contributed by atoms with Crippen LogP contribution in [0.3, 0.4) is 0 Å². The van der Waals surface area contributed by atoms with Gasteiger partial charge in [0.25, 0.3) is 5.88 Å². The number of halogens is 1. The Morgan fingerprint density at radius 1 is 1.03 bits per heavy atom. The number of hydrogen-bond acceptors (Lipinski definition) is 7. The van der Waals surface area contributed by atoms with Gasteiger partial charge in [-0.25, -0.2) is 9.97 Å². The van der Waals surface area contributed by atoms with Crippen LogP contribution in [-0.4, -0.2) is 43.2 Å². The van der Waals surface area contributed by atoms with Gasteiger partial charge in [-0.1, -0.05) is 29.3 Å². The van der Waals surface area contributed by atoms with Gasteiger partial charge in [-0.3, -0.25) is 4.79 Å². The second-order valence-corrected chi connectivity index (χ2v) is 8.45. The molecule has 0 saturated carbocycles. The number of carbonyl (C=O) groups is 1. The van der Waals surface area contributed by atoms with Gasteiger partial charge in [-0.2, -0.15) is 0 Å². The zero-order valence-electron chi connectivity index (χ0n) is 19.4. The Bertz CT molecular complexity index is 1150. The molecule has 1 aromatic heterocycles. The Balaban J connectivity index is 1.41. The lowest BCUT2D eigenvalue weighted by Gasteiger charge is -2.32. The monoisotopic (exact) mass is 482 g/mol. The highest BCUT2D eigenvalue weighted by molar-refractivity contribution is 6.32. The van der Waals surface area contributed by atoms with E-state index in [1.54, 1.807) is 24.5 Å². The highest BCUT2D eigenvalue weighted by Crippen LogP contribution is 2.37. The predicted octanol–water partition coefficient (Wildman–Crippen LogP) is 5.10. The molecule has 0 atom stereocenters. The van der Waals surface area contributed by atoms with Crippen molar-refractivity contribution in [3.05, 3.63) is 59.4 Å². The summed E-state index contributed by atoms with van der Waals surface area (Å²) in [5.41, 5.74) is 1.67. The number of amides is 1. The van der Waals surface area contributed by atoms with E-state index in [2.05, 4.69) is 20.2 Å². The van der Waals surface area contributed by atoms with Gasteiger partial charge in [-0.15, -0.1) is 0 Å². The van der Waals surface area contributed by atoms with E-state index in [-0.39, 0.29) is 11.8 Å². The van der Waals surface area contributed by atoms with Crippen molar-refractivity contribution >= 4 is 29.0 Å². The Morgan fingerprint density at radius 3 is 2.38 bits per heavy atom. The maximum atomic E-state index is 13.0. The van der Waals surface area contributed by atoms with Crippen LogP contribution in [0, 0.1) is 12.8 Å². The molecule has 1 N–H and O–H groups in total. The van der Waals surface area contributed by atoms with Crippen LogP contribution in [0.1, 0.15) is 18.4 Å². The summed E-state index contributed by atoms with van der Waals surface area (Å²) in [5.74, 6) is 2.57. The quantitative estimate of drug-likeness (QED) is 0.501. The summed E-state index contributed by atoms with van der Waals surface area (Å²) >= 11 is 6.23. The molecule has 4 rings (SSSR count). The van der Waals surface area contributed by atoms with Crippen LogP contribution in [0.4, 0.5) is 11.5 Å². The average molecular weight is 483 g/mol. The van der Waals surface area contributed by atoms with Crippen LogP contribution >= 0.6 is 11.6 Å². The van der Waals surface area contributed by atoms with Gasteiger partial charge in [0.15, 0.2) is 5.82 Å². The molecule has 3 aromatic rings. The molecular weight excluding hydrogens is 456 g/mol. The fourth-order valence-corrected chi connectivity index (χ4v) is 4.11. The fourth-order valence-electron chi connectivity index (χ4n) is 3.87. The highest BCUT2D eigenvalue weighted by Gasteiger charge is 2.28. The van der Waals surface area contributed by atoms with E-state index in [0.717, 1.165) is 5.56 Å². The zero-order valence-corrected chi connectivity index (χ0v) is 20.1. The van der Waals surface area contributed by atoms with Gasteiger partial charge < -0.3 is 24.4 Å². The van der Waals surface area contributed by atoms with Gasteiger partial charge in [0.2, 0.25) is 5.91 Å². The van der Waals surface area contributed by atoms with Crippen LogP contribution in [-0.2, 0) is 4.79 Å². The number of aromatic nitrogens is 2. The van der Waals surface area contributed by atoms with Gasteiger partial charge >= 0.3 is 0 Å². The lowest BCUT2D eigenvalue weighted by atomic mass is 9.95. The Labute approximate surface area is 203 Å². The van der Waals surface area contributed by atoms with Crippen molar-refractivity contribution in [2.24, 2.45) is 5.92 Å². The molecule has 0 unspecified atom stereocenters. The SMILES string of the molecule is COc1cc(OC)c(NC(=O)C2CCN(c3nccnc3Oc3ccc(C)cc3)CC2)cc1Cl. The van der Waals surface area contributed by atoms with E-state index >= 15 is 0 Å². The maximum Gasteiger partial charge on any atom is 0.263 e. The Morgan fingerprint density at radius 2 is 1.71 bits per heavy atom. The zero-order chi connectivity index (χ0) is 24.1. The summed E-state index contributed by atoms with van der Waals surface area (Å²) in [6, 6.07) is 11.1. The number of ether oxygens (including phenoxy) is 3. The molecule has 9 heteroatoms. The van der Waals surface area contributed by atoms with Crippen molar-refractivity contribution in [3.63, 3.8) is 0 Å². The third kappa shape index (κ3) is 5.34. The van der Waals surface area contributed by atoms with E-state index in [0.29, 0.717) is 65.6 Å². The maximum absolute atomic E-state index is 13.0. The number of piperidine rings is 1. The summed E-state index contributed by atoms with van der Waals surface area (Å²) in [7, 11) is 3.06. The number of anilines is 2. The summed E-state index contributed by atoms with van der Waals surface area (Å²) in [6.07, 6.45) is 4.59. The summed E-state index contributed by atoms with van der Waals surface area (Å²) < 4.78 is 16.6. The lowest BCUT2D eigenvalue weighted by molar-refractivity contribution is -0.120. The van der Waals surface area contributed by atoms with Crippen molar-refractivity contribution in [3.8, 4) is 23.1 Å². The van der Waals surface area contributed by atoms with Crippen molar-refractivity contribution < 1.29 is 19.0 Å².